The lowest BCUT2D eigenvalue weighted by Crippen LogP contribution is -2.21. The Hall–Kier alpha value is -6.55. The molecule has 252 valence electrons. The fourth-order valence-corrected chi connectivity index (χ4v) is 5.85. The number of pyridine rings is 7. The monoisotopic (exact) mass is 670 g/mol. The van der Waals surface area contributed by atoms with E-state index in [-0.39, 0.29) is 0 Å². The van der Waals surface area contributed by atoms with Crippen LogP contribution in [0.15, 0.2) is 121 Å². The van der Waals surface area contributed by atoms with Crippen LogP contribution in [0.3, 0.4) is 0 Å². The van der Waals surface area contributed by atoms with Crippen molar-refractivity contribution in [3.8, 4) is 0 Å². The molecule has 7 rings (SSSR count). The Bertz CT molecular complexity index is 1930. The van der Waals surface area contributed by atoms with E-state index in [9.17, 15) is 0 Å². The predicted octanol–water partition coefficient (Wildman–Crippen LogP) is 9.71. The van der Waals surface area contributed by atoms with E-state index in [4.69, 9.17) is 34.9 Å². The van der Waals surface area contributed by atoms with Crippen molar-refractivity contribution < 1.29 is 0 Å². The molecule has 0 atom stereocenters. The fraction of sp³-hybridized carbons (Fsp3) is 0.146. The van der Waals surface area contributed by atoms with E-state index in [0.29, 0.717) is 46.5 Å². The summed E-state index contributed by atoms with van der Waals surface area (Å²) in [5.74, 6) is 5.26. The minimum Gasteiger partial charge on any atom is -0.279 e. The van der Waals surface area contributed by atoms with Crippen LogP contribution in [0.1, 0.15) is 34.2 Å². The van der Waals surface area contributed by atoms with Gasteiger partial charge in [0.1, 0.15) is 46.5 Å². The number of aryl methyl sites for hydroxylation is 6. The van der Waals surface area contributed by atoms with E-state index in [2.05, 4.69) is 0 Å². The first-order valence-electron chi connectivity index (χ1n) is 16.8. The minimum atomic E-state index is 0.578. The average molecular weight is 671 g/mol. The third-order valence-corrected chi connectivity index (χ3v) is 8.12. The van der Waals surface area contributed by atoms with Crippen LogP contribution in [0.5, 0.6) is 0 Å². The van der Waals surface area contributed by atoms with Gasteiger partial charge in [-0.25, -0.2) is 34.9 Å². The van der Waals surface area contributed by atoms with Crippen LogP contribution in [0.25, 0.3) is 0 Å². The fourth-order valence-electron chi connectivity index (χ4n) is 5.85. The Morgan fingerprint density at radius 2 is 0.510 bits per heavy atom. The first-order valence-corrected chi connectivity index (χ1v) is 16.8. The van der Waals surface area contributed by atoms with Crippen molar-refractivity contribution >= 4 is 52.2 Å². The Labute approximate surface area is 298 Å². The van der Waals surface area contributed by atoms with Crippen molar-refractivity contribution in [2.75, 3.05) is 14.7 Å². The number of anilines is 9. The number of hydrogen-bond acceptors (Lipinski definition) is 10. The average Bonchev–Trinajstić information content (AvgIpc) is 3.09. The molecule has 0 saturated carbocycles. The molecule has 7 aromatic heterocycles. The molecule has 10 heteroatoms. The number of hydrogen-bond donors (Lipinski definition) is 0. The third kappa shape index (κ3) is 7.25. The zero-order chi connectivity index (χ0) is 35.5. The topological polar surface area (TPSA) is 100.0 Å². The van der Waals surface area contributed by atoms with Gasteiger partial charge in [-0.1, -0.05) is 36.4 Å². The van der Waals surface area contributed by atoms with Crippen molar-refractivity contribution in [1.29, 1.82) is 0 Å². The summed E-state index contributed by atoms with van der Waals surface area (Å²) in [7, 11) is 0. The Kier molecular flexibility index (Phi) is 9.13. The molecule has 0 fully saturated rings. The zero-order valence-corrected chi connectivity index (χ0v) is 29.5. The van der Waals surface area contributed by atoms with Crippen LogP contribution < -0.4 is 14.7 Å². The summed E-state index contributed by atoms with van der Waals surface area (Å²) in [5.41, 5.74) is 5.99. The number of aromatic nitrogens is 7. The Morgan fingerprint density at radius 3 is 0.745 bits per heavy atom. The van der Waals surface area contributed by atoms with Gasteiger partial charge in [0.25, 0.3) is 0 Å². The molecule has 0 aliphatic rings. The molecule has 10 nitrogen and oxygen atoms in total. The van der Waals surface area contributed by atoms with Crippen molar-refractivity contribution in [1.82, 2.24) is 34.9 Å². The summed E-state index contributed by atoms with van der Waals surface area (Å²) in [5, 5.41) is 0. The van der Waals surface area contributed by atoms with Crippen molar-refractivity contribution in [3.63, 3.8) is 0 Å². The highest BCUT2D eigenvalue weighted by Gasteiger charge is 2.26. The maximum atomic E-state index is 5.39. The van der Waals surface area contributed by atoms with E-state index < -0.39 is 0 Å². The minimum absolute atomic E-state index is 0.578. The standard InChI is InChI=1S/C41H38N10/c1-27-13-7-19-34(42-27)49(35-20-8-14-28(2)43-35)33-25-40(50(36-21-9-15-29(3)44-36)37-22-10-16-30(4)45-37)48-41(26-33)51(38-23-11-17-31(5)46-38)39-24-12-18-32(6)47-39/h7-26H,1-6H3. The molecular formula is C41H38N10. The lowest BCUT2D eigenvalue weighted by molar-refractivity contribution is 1.01. The van der Waals surface area contributed by atoms with Gasteiger partial charge >= 0.3 is 0 Å². The largest absolute Gasteiger partial charge is 0.279 e. The molecule has 7 aromatic rings. The summed E-state index contributed by atoms with van der Waals surface area (Å²) < 4.78 is 0. The molecular weight excluding hydrogens is 633 g/mol. The SMILES string of the molecule is Cc1cccc(N(c2cc(N(c3cccc(C)n3)c3cccc(C)n3)nc(N(c3cccc(C)n3)c3cccc(C)n3)c2)c2cccc(C)n2)n1. The van der Waals surface area contributed by atoms with Crippen molar-refractivity contribution in [3.05, 3.63) is 155 Å². The molecule has 7 heterocycles. The maximum Gasteiger partial charge on any atom is 0.144 e. The van der Waals surface area contributed by atoms with Gasteiger partial charge in [-0.15, -0.1) is 0 Å². The summed E-state index contributed by atoms with van der Waals surface area (Å²) in [4.78, 5) is 41.1. The van der Waals surface area contributed by atoms with Gasteiger partial charge in [0, 0.05) is 46.3 Å². The lowest BCUT2D eigenvalue weighted by atomic mass is 10.2. The van der Waals surface area contributed by atoms with Gasteiger partial charge in [-0.05, 0) is 114 Å². The van der Waals surface area contributed by atoms with Crippen LogP contribution in [0.4, 0.5) is 52.2 Å². The molecule has 0 aliphatic carbocycles. The van der Waals surface area contributed by atoms with E-state index >= 15 is 0 Å². The van der Waals surface area contributed by atoms with Crippen molar-refractivity contribution in [2.45, 2.75) is 41.5 Å². The molecule has 0 amide bonds. The van der Waals surface area contributed by atoms with Gasteiger partial charge < -0.3 is 0 Å². The van der Waals surface area contributed by atoms with Gasteiger partial charge in [0.15, 0.2) is 0 Å². The van der Waals surface area contributed by atoms with Gasteiger partial charge in [-0.3, -0.25) is 14.7 Å². The van der Waals surface area contributed by atoms with Gasteiger partial charge in [0.2, 0.25) is 0 Å². The first-order chi connectivity index (χ1) is 24.7. The smallest absolute Gasteiger partial charge is 0.144 e. The Morgan fingerprint density at radius 1 is 0.275 bits per heavy atom. The highest BCUT2D eigenvalue weighted by molar-refractivity contribution is 5.82. The van der Waals surface area contributed by atoms with Gasteiger partial charge in [-0.2, -0.15) is 0 Å². The maximum absolute atomic E-state index is 5.39. The molecule has 0 aliphatic heterocycles. The summed E-state index contributed by atoms with van der Waals surface area (Å²) >= 11 is 0. The number of rotatable bonds is 9. The summed E-state index contributed by atoms with van der Waals surface area (Å²) in [6.07, 6.45) is 0. The second-order valence-electron chi connectivity index (χ2n) is 12.4. The molecule has 0 aromatic carbocycles. The second-order valence-corrected chi connectivity index (χ2v) is 12.4. The van der Waals surface area contributed by atoms with E-state index in [1.165, 1.54) is 0 Å². The zero-order valence-electron chi connectivity index (χ0n) is 29.5. The van der Waals surface area contributed by atoms with Crippen molar-refractivity contribution in [2.24, 2.45) is 0 Å². The summed E-state index contributed by atoms with van der Waals surface area (Å²) in [6, 6.07) is 39.7. The molecule has 0 radical (unpaired) electrons. The molecule has 0 spiro atoms. The third-order valence-electron chi connectivity index (χ3n) is 8.12. The van der Waals surface area contributed by atoms with Crippen LogP contribution >= 0.6 is 0 Å². The first kappa shape index (κ1) is 33.0. The van der Waals surface area contributed by atoms with E-state index in [1.54, 1.807) is 0 Å². The Balaban J connectivity index is 1.57. The number of nitrogens with zero attached hydrogens (tertiary/aromatic N) is 10. The molecule has 0 saturated heterocycles. The normalized spacial score (nSPS) is 10.9. The van der Waals surface area contributed by atoms with Crippen LogP contribution in [0, 0.1) is 41.5 Å². The van der Waals surface area contributed by atoms with Crippen LogP contribution in [0.2, 0.25) is 0 Å². The second kappa shape index (κ2) is 14.1. The van der Waals surface area contributed by atoms with Gasteiger partial charge in [0.05, 0.1) is 5.69 Å². The molecule has 0 N–H and O–H groups in total. The lowest BCUT2D eigenvalue weighted by Gasteiger charge is -2.30. The van der Waals surface area contributed by atoms with Crippen LogP contribution in [-0.2, 0) is 0 Å². The van der Waals surface area contributed by atoms with E-state index in [1.807, 2.05) is 178 Å². The highest BCUT2D eigenvalue weighted by atomic mass is 15.3. The molecule has 0 bridgehead atoms. The van der Waals surface area contributed by atoms with E-state index in [0.717, 1.165) is 39.9 Å². The highest BCUT2D eigenvalue weighted by Crippen LogP contribution is 2.42. The summed E-state index contributed by atoms with van der Waals surface area (Å²) in [6.45, 7) is 11.9. The van der Waals surface area contributed by atoms with Crippen LogP contribution in [-0.4, -0.2) is 34.9 Å². The molecule has 51 heavy (non-hydrogen) atoms. The quantitative estimate of drug-likeness (QED) is 0.148. The molecule has 0 unspecified atom stereocenters. The predicted molar refractivity (Wildman–Crippen MR) is 203 cm³/mol.